The van der Waals surface area contributed by atoms with Crippen LogP contribution >= 0.6 is 0 Å². The highest BCUT2D eigenvalue weighted by molar-refractivity contribution is 5.88. The van der Waals surface area contributed by atoms with Gasteiger partial charge < -0.3 is 15.4 Å². The number of benzene rings is 1. The number of H-pyrrole nitrogens is 1. The van der Waals surface area contributed by atoms with Crippen molar-refractivity contribution in [3.63, 3.8) is 0 Å². The van der Waals surface area contributed by atoms with Crippen molar-refractivity contribution in [2.24, 2.45) is 0 Å². The van der Waals surface area contributed by atoms with Crippen molar-refractivity contribution >= 4 is 22.8 Å². The first-order chi connectivity index (χ1) is 11.1. The van der Waals surface area contributed by atoms with Crippen molar-refractivity contribution in [2.45, 2.75) is 13.0 Å². The molecular weight excluding hydrogens is 298 g/mol. The summed E-state index contributed by atoms with van der Waals surface area (Å²) in [7, 11) is 1.51. The van der Waals surface area contributed by atoms with Crippen molar-refractivity contribution in [1.29, 1.82) is 0 Å². The molecule has 23 heavy (non-hydrogen) atoms. The van der Waals surface area contributed by atoms with Crippen molar-refractivity contribution in [3.8, 4) is 0 Å². The predicted octanol–water partition coefficient (Wildman–Crippen LogP) is 0.794. The summed E-state index contributed by atoms with van der Waals surface area (Å²) in [6.45, 7) is -0.0749. The Kier molecular flexibility index (Phi) is 3.80. The van der Waals surface area contributed by atoms with Crippen LogP contribution in [-0.4, -0.2) is 44.0 Å². The summed E-state index contributed by atoms with van der Waals surface area (Å²) >= 11 is 0. The monoisotopic (exact) mass is 313 g/mol. The number of carbonyl (C=O) groups excluding carboxylic acids is 1. The van der Waals surface area contributed by atoms with E-state index in [2.05, 4.69) is 20.6 Å². The van der Waals surface area contributed by atoms with E-state index in [9.17, 15) is 14.7 Å². The first kappa shape index (κ1) is 14.8. The fourth-order valence-corrected chi connectivity index (χ4v) is 2.47. The van der Waals surface area contributed by atoms with E-state index in [0.29, 0.717) is 12.1 Å². The number of amides is 1. The van der Waals surface area contributed by atoms with Crippen molar-refractivity contribution in [3.05, 3.63) is 47.4 Å². The maximum Gasteiger partial charge on any atom is 0.358 e. The van der Waals surface area contributed by atoms with Crippen molar-refractivity contribution in [1.82, 2.24) is 25.3 Å². The van der Waals surface area contributed by atoms with Crippen LogP contribution in [0.15, 0.2) is 30.5 Å². The van der Waals surface area contributed by atoms with Gasteiger partial charge in [-0.3, -0.25) is 4.79 Å². The molecule has 1 aromatic carbocycles. The van der Waals surface area contributed by atoms with Gasteiger partial charge in [0.25, 0.3) is 0 Å². The molecule has 8 nitrogen and oxygen atoms in total. The number of nitrogens with zero attached hydrogens (tertiary/aromatic N) is 3. The summed E-state index contributed by atoms with van der Waals surface area (Å²) in [4.78, 5) is 26.1. The van der Waals surface area contributed by atoms with E-state index in [1.165, 1.54) is 11.7 Å². The number of aromatic amines is 1. The van der Waals surface area contributed by atoms with Gasteiger partial charge in [0.1, 0.15) is 6.54 Å². The zero-order valence-electron chi connectivity index (χ0n) is 12.4. The van der Waals surface area contributed by atoms with Gasteiger partial charge in [0.05, 0.1) is 5.69 Å². The largest absolute Gasteiger partial charge is 0.476 e. The molecule has 2 aromatic heterocycles. The van der Waals surface area contributed by atoms with Crippen LogP contribution in [0, 0.1) is 0 Å². The molecule has 0 fully saturated rings. The minimum absolute atomic E-state index is 0.0749. The lowest BCUT2D eigenvalue weighted by atomic mass is 10.1. The Hall–Kier alpha value is -3.16. The zero-order chi connectivity index (χ0) is 16.4. The summed E-state index contributed by atoms with van der Waals surface area (Å²) < 4.78 is 1.32. The van der Waals surface area contributed by atoms with E-state index in [1.807, 2.05) is 30.5 Å². The number of rotatable bonds is 5. The quantitative estimate of drug-likeness (QED) is 0.644. The van der Waals surface area contributed by atoms with Gasteiger partial charge in [-0.05, 0) is 11.6 Å². The number of carbonyl (C=O) groups is 2. The molecule has 3 rings (SSSR count). The standard InChI is InChI=1S/C15H15N5O3/c1-16-13(21)8-20-12(14(15(22)23)18-19-20)6-9-7-17-11-5-3-2-4-10(9)11/h2-5,7,17H,6,8H2,1H3,(H,16,21)(H,22,23). The molecule has 118 valence electrons. The minimum Gasteiger partial charge on any atom is -0.476 e. The van der Waals surface area contributed by atoms with E-state index in [4.69, 9.17) is 0 Å². The molecule has 0 aliphatic rings. The maximum absolute atomic E-state index is 11.6. The fraction of sp³-hybridized carbons (Fsp3) is 0.200. The number of fused-ring (bicyclic) bond motifs is 1. The minimum atomic E-state index is -1.16. The molecule has 0 aliphatic carbocycles. The van der Waals surface area contributed by atoms with Gasteiger partial charge in [-0.25, -0.2) is 9.48 Å². The number of nitrogens with one attached hydrogen (secondary N) is 2. The van der Waals surface area contributed by atoms with Gasteiger partial charge in [-0.2, -0.15) is 0 Å². The molecule has 0 radical (unpaired) electrons. The molecule has 0 aliphatic heterocycles. The lowest BCUT2D eigenvalue weighted by Crippen LogP contribution is -2.25. The third-order valence-electron chi connectivity index (χ3n) is 3.65. The topological polar surface area (TPSA) is 113 Å². The van der Waals surface area contributed by atoms with Gasteiger partial charge in [-0.15, -0.1) is 5.10 Å². The normalized spacial score (nSPS) is 10.8. The van der Waals surface area contributed by atoms with E-state index in [0.717, 1.165) is 16.5 Å². The fourth-order valence-electron chi connectivity index (χ4n) is 2.47. The van der Waals surface area contributed by atoms with Crippen LogP contribution in [0.1, 0.15) is 21.7 Å². The Bertz CT molecular complexity index is 880. The van der Waals surface area contributed by atoms with Gasteiger partial charge in [0.2, 0.25) is 5.91 Å². The van der Waals surface area contributed by atoms with Gasteiger partial charge >= 0.3 is 5.97 Å². The SMILES string of the molecule is CNC(=O)Cn1nnc(C(=O)O)c1Cc1c[nH]c2ccccc12. The molecule has 3 N–H and O–H groups in total. The van der Waals surface area contributed by atoms with E-state index in [-0.39, 0.29) is 18.1 Å². The van der Waals surface area contributed by atoms with Crippen LogP contribution in [0.2, 0.25) is 0 Å². The molecule has 0 bridgehead atoms. The van der Waals surface area contributed by atoms with E-state index >= 15 is 0 Å². The summed E-state index contributed by atoms with van der Waals surface area (Å²) in [5.74, 6) is -1.44. The van der Waals surface area contributed by atoms with Crippen molar-refractivity contribution < 1.29 is 14.7 Å². The maximum atomic E-state index is 11.6. The van der Waals surface area contributed by atoms with E-state index in [1.54, 1.807) is 0 Å². The van der Waals surface area contributed by atoms with Gasteiger partial charge in [0.15, 0.2) is 5.69 Å². The Balaban J connectivity index is 2.02. The van der Waals surface area contributed by atoms with Crippen LogP contribution in [0.5, 0.6) is 0 Å². The smallest absolute Gasteiger partial charge is 0.358 e. The first-order valence-electron chi connectivity index (χ1n) is 7.01. The Labute approximate surface area is 131 Å². The van der Waals surface area contributed by atoms with Gasteiger partial charge in [0, 0.05) is 30.6 Å². The zero-order valence-corrected chi connectivity index (χ0v) is 12.4. The van der Waals surface area contributed by atoms with Crippen molar-refractivity contribution in [2.75, 3.05) is 7.05 Å². The number of para-hydroxylation sites is 1. The number of carboxylic acid groups (broad SMARTS) is 1. The average molecular weight is 313 g/mol. The highest BCUT2D eigenvalue weighted by Crippen LogP contribution is 2.21. The first-order valence-corrected chi connectivity index (χ1v) is 7.01. The number of carboxylic acids is 1. The third-order valence-corrected chi connectivity index (χ3v) is 3.65. The second kappa shape index (κ2) is 5.91. The molecule has 0 saturated heterocycles. The summed E-state index contributed by atoms with van der Waals surface area (Å²) in [6.07, 6.45) is 2.14. The van der Waals surface area contributed by atoms with Crippen LogP contribution < -0.4 is 5.32 Å². The molecule has 0 saturated carbocycles. The molecule has 0 unspecified atom stereocenters. The average Bonchev–Trinajstić information content (AvgIpc) is 3.13. The number of hydrogen-bond acceptors (Lipinski definition) is 4. The molecule has 0 atom stereocenters. The summed E-state index contributed by atoms with van der Waals surface area (Å²) in [5, 5.41) is 20.3. The second-order valence-corrected chi connectivity index (χ2v) is 5.06. The van der Waals surface area contributed by atoms with Gasteiger partial charge in [-0.1, -0.05) is 23.4 Å². The second-order valence-electron chi connectivity index (χ2n) is 5.06. The molecule has 2 heterocycles. The van der Waals surface area contributed by atoms with Crippen LogP contribution in [-0.2, 0) is 17.8 Å². The predicted molar refractivity (Wildman–Crippen MR) is 82.2 cm³/mol. The third kappa shape index (κ3) is 2.78. The lowest BCUT2D eigenvalue weighted by Gasteiger charge is -2.06. The molecule has 1 amide bonds. The Morgan fingerprint density at radius 1 is 1.35 bits per heavy atom. The van der Waals surface area contributed by atoms with E-state index < -0.39 is 5.97 Å². The highest BCUT2D eigenvalue weighted by atomic mass is 16.4. The number of aromatic nitrogens is 4. The highest BCUT2D eigenvalue weighted by Gasteiger charge is 2.21. The Morgan fingerprint density at radius 3 is 2.87 bits per heavy atom. The number of likely N-dealkylation sites (N-methyl/N-ethyl adjacent to an activating group) is 1. The molecular formula is C15H15N5O3. The number of hydrogen-bond donors (Lipinski definition) is 3. The lowest BCUT2D eigenvalue weighted by molar-refractivity contribution is -0.121. The van der Waals surface area contributed by atoms with Crippen LogP contribution in [0.25, 0.3) is 10.9 Å². The molecule has 3 aromatic rings. The summed E-state index contributed by atoms with van der Waals surface area (Å²) in [6, 6.07) is 7.73. The number of aromatic carboxylic acids is 1. The summed E-state index contributed by atoms with van der Waals surface area (Å²) in [5.41, 5.74) is 2.14. The van der Waals surface area contributed by atoms with Crippen LogP contribution in [0.3, 0.4) is 0 Å². The molecule has 0 spiro atoms. The Morgan fingerprint density at radius 2 is 2.13 bits per heavy atom. The van der Waals surface area contributed by atoms with Crippen LogP contribution in [0.4, 0.5) is 0 Å². The molecule has 8 heteroatoms.